The summed E-state index contributed by atoms with van der Waals surface area (Å²) in [5, 5.41) is 17.7. The van der Waals surface area contributed by atoms with E-state index in [0.29, 0.717) is 0 Å². The third kappa shape index (κ3) is 3.23. The fourth-order valence-corrected chi connectivity index (χ4v) is 1.31. The summed E-state index contributed by atoms with van der Waals surface area (Å²) in [7, 11) is -4.47. The van der Waals surface area contributed by atoms with Gasteiger partial charge in [0.1, 0.15) is 16.4 Å². The van der Waals surface area contributed by atoms with Gasteiger partial charge in [0.25, 0.3) is 10.1 Å². The Balaban J connectivity index is 0.00000144. The molecule has 1 aromatic rings. The summed E-state index contributed by atoms with van der Waals surface area (Å²) in [6.45, 7) is 0. The Labute approximate surface area is 100 Å². The van der Waals surface area contributed by atoms with Crippen LogP contribution in [-0.2, 0) is 42.8 Å². The summed E-state index contributed by atoms with van der Waals surface area (Å²) in [6.07, 6.45) is 0. The van der Waals surface area contributed by atoms with Crippen molar-refractivity contribution in [1.82, 2.24) is 0 Å². The first-order valence-corrected chi connectivity index (χ1v) is 4.35. The average molecular weight is 279 g/mol. The molecule has 1 radical (unpaired) electrons. The summed E-state index contributed by atoms with van der Waals surface area (Å²) in [4.78, 5) is -0.706. The molecule has 5 nitrogen and oxygen atoms in total. The van der Waals surface area contributed by atoms with Crippen LogP contribution in [0.15, 0.2) is 23.1 Å². The van der Waals surface area contributed by atoms with Gasteiger partial charge < -0.3 is 10.2 Å². The van der Waals surface area contributed by atoms with Crippen LogP contribution < -0.4 is 0 Å². The van der Waals surface area contributed by atoms with Crippen molar-refractivity contribution < 1.29 is 55.9 Å². The van der Waals surface area contributed by atoms with Crippen molar-refractivity contribution in [3.8, 4) is 11.5 Å². The monoisotopic (exact) mass is 279 g/mol. The van der Waals surface area contributed by atoms with Gasteiger partial charge in [0, 0.05) is 38.8 Å². The van der Waals surface area contributed by atoms with Gasteiger partial charge in [-0.2, -0.15) is 8.42 Å². The topological polar surface area (TPSA) is 94.8 Å². The van der Waals surface area contributed by atoms with E-state index in [0.717, 1.165) is 18.2 Å². The van der Waals surface area contributed by atoms with Gasteiger partial charge in [-0.3, -0.25) is 4.55 Å². The molecular formula is C6H6O5SY. The molecule has 7 heteroatoms. The molecule has 0 heterocycles. The molecule has 0 aromatic heterocycles. The Morgan fingerprint density at radius 1 is 1.15 bits per heavy atom. The quantitative estimate of drug-likeness (QED) is 0.509. The van der Waals surface area contributed by atoms with Crippen LogP contribution in [0.1, 0.15) is 0 Å². The van der Waals surface area contributed by atoms with E-state index in [1.807, 2.05) is 0 Å². The second-order valence-corrected chi connectivity index (χ2v) is 3.52. The maximum absolute atomic E-state index is 10.5. The Morgan fingerprint density at radius 2 is 1.69 bits per heavy atom. The minimum atomic E-state index is -4.47. The molecule has 0 saturated heterocycles. The van der Waals surface area contributed by atoms with Gasteiger partial charge in [0.05, 0.1) is 0 Å². The van der Waals surface area contributed by atoms with Crippen molar-refractivity contribution in [2.24, 2.45) is 0 Å². The van der Waals surface area contributed by atoms with Crippen LogP contribution in [0.5, 0.6) is 11.5 Å². The van der Waals surface area contributed by atoms with E-state index in [4.69, 9.17) is 14.8 Å². The summed E-state index contributed by atoms with van der Waals surface area (Å²) >= 11 is 0. The number of phenolic OH excluding ortho intramolecular Hbond substituents is 2. The van der Waals surface area contributed by atoms with Crippen LogP contribution in [0.25, 0.3) is 0 Å². The standard InChI is InChI=1S/C6H6O5S.Y/c7-4-1-2-5(8)6(3-4)12(9,10)11;/h1-3,7-8H,(H,9,10,11);. The van der Waals surface area contributed by atoms with Gasteiger partial charge in [-0.15, -0.1) is 0 Å². The van der Waals surface area contributed by atoms with Crippen LogP contribution in [0.3, 0.4) is 0 Å². The van der Waals surface area contributed by atoms with Crippen LogP contribution >= 0.6 is 0 Å². The van der Waals surface area contributed by atoms with E-state index in [1.54, 1.807) is 0 Å². The number of hydrogen-bond acceptors (Lipinski definition) is 4. The second-order valence-electron chi connectivity index (χ2n) is 2.13. The molecule has 13 heavy (non-hydrogen) atoms. The largest absolute Gasteiger partial charge is 0.508 e. The van der Waals surface area contributed by atoms with Crippen molar-refractivity contribution in [1.29, 1.82) is 0 Å². The Kier molecular flexibility index (Phi) is 4.31. The van der Waals surface area contributed by atoms with Gasteiger partial charge in [-0.25, -0.2) is 0 Å². The zero-order chi connectivity index (χ0) is 9.35. The van der Waals surface area contributed by atoms with Gasteiger partial charge in [-0.05, 0) is 12.1 Å². The molecule has 0 unspecified atom stereocenters. The van der Waals surface area contributed by atoms with Crippen molar-refractivity contribution in [3.05, 3.63) is 18.2 Å². The fraction of sp³-hybridized carbons (Fsp3) is 0. The SMILES string of the molecule is O=S(=O)(O)c1cc(O)ccc1O.[Y]. The van der Waals surface area contributed by atoms with E-state index in [-0.39, 0.29) is 38.5 Å². The number of phenols is 2. The number of benzene rings is 1. The smallest absolute Gasteiger partial charge is 0.298 e. The van der Waals surface area contributed by atoms with Gasteiger partial charge in [-0.1, -0.05) is 0 Å². The molecule has 0 spiro atoms. The molecule has 0 aliphatic carbocycles. The number of rotatable bonds is 1. The first-order chi connectivity index (χ1) is 5.41. The van der Waals surface area contributed by atoms with Gasteiger partial charge >= 0.3 is 0 Å². The van der Waals surface area contributed by atoms with E-state index < -0.39 is 20.8 Å². The fourth-order valence-electron chi connectivity index (χ4n) is 0.709. The molecule has 0 atom stereocenters. The van der Waals surface area contributed by atoms with Crippen molar-refractivity contribution >= 4 is 10.1 Å². The molecule has 0 aliphatic rings. The molecule has 1 rings (SSSR count). The van der Waals surface area contributed by atoms with Gasteiger partial charge in [0.15, 0.2) is 0 Å². The molecule has 0 saturated carbocycles. The molecule has 3 N–H and O–H groups in total. The summed E-state index contributed by atoms with van der Waals surface area (Å²) in [5.41, 5.74) is 0. The van der Waals surface area contributed by atoms with E-state index in [2.05, 4.69) is 0 Å². The first kappa shape index (κ1) is 12.8. The summed E-state index contributed by atoms with van der Waals surface area (Å²) in [6, 6.07) is 2.83. The Hall–Kier alpha value is -0.166. The first-order valence-electron chi connectivity index (χ1n) is 2.91. The maximum Gasteiger partial charge on any atom is 0.298 e. The van der Waals surface area contributed by atoms with Crippen LogP contribution in [-0.4, -0.2) is 23.2 Å². The Morgan fingerprint density at radius 3 is 2.08 bits per heavy atom. The summed E-state index contributed by atoms with van der Waals surface area (Å²) in [5.74, 6) is -0.948. The van der Waals surface area contributed by atoms with Gasteiger partial charge in [0.2, 0.25) is 0 Å². The zero-order valence-corrected chi connectivity index (χ0v) is 10.0. The molecule has 1 aromatic carbocycles. The van der Waals surface area contributed by atoms with E-state index in [9.17, 15) is 8.42 Å². The number of aromatic hydroxyl groups is 2. The molecular weight excluding hydrogens is 273 g/mol. The number of hydrogen-bond donors (Lipinski definition) is 3. The van der Waals surface area contributed by atoms with Crippen LogP contribution in [0.2, 0.25) is 0 Å². The average Bonchev–Trinajstić information content (AvgIpc) is 1.92. The molecule has 0 aliphatic heterocycles. The maximum atomic E-state index is 10.5. The second kappa shape index (κ2) is 4.37. The third-order valence-electron chi connectivity index (χ3n) is 1.22. The van der Waals surface area contributed by atoms with Crippen LogP contribution in [0, 0.1) is 0 Å². The van der Waals surface area contributed by atoms with E-state index in [1.165, 1.54) is 0 Å². The summed E-state index contributed by atoms with van der Waals surface area (Å²) < 4.78 is 29.5. The van der Waals surface area contributed by atoms with Crippen molar-refractivity contribution in [3.63, 3.8) is 0 Å². The molecule has 0 bridgehead atoms. The minimum absolute atomic E-state index is 0. The normalized spacial score (nSPS) is 10.5. The zero-order valence-electron chi connectivity index (χ0n) is 6.38. The predicted molar refractivity (Wildman–Crippen MR) is 39.6 cm³/mol. The molecule has 0 fully saturated rings. The Bertz CT molecular complexity index is 399. The van der Waals surface area contributed by atoms with Crippen molar-refractivity contribution in [2.75, 3.05) is 0 Å². The van der Waals surface area contributed by atoms with Crippen molar-refractivity contribution in [2.45, 2.75) is 4.90 Å². The van der Waals surface area contributed by atoms with Crippen LogP contribution in [0.4, 0.5) is 0 Å². The molecule has 0 amide bonds. The third-order valence-corrected chi connectivity index (χ3v) is 2.10. The predicted octanol–water partition coefficient (Wildman–Crippen LogP) is 0.342. The van der Waals surface area contributed by atoms with E-state index >= 15 is 0 Å². The molecule has 69 valence electrons. The minimum Gasteiger partial charge on any atom is -0.508 e.